The van der Waals surface area contributed by atoms with Crippen molar-refractivity contribution in [1.29, 1.82) is 5.26 Å². The number of hydrogen-bond donors (Lipinski definition) is 1. The molecule has 5 heteroatoms. The molecule has 1 atom stereocenters. The van der Waals surface area contributed by atoms with Crippen LogP contribution in [-0.4, -0.2) is 41.0 Å². The summed E-state index contributed by atoms with van der Waals surface area (Å²) >= 11 is 0. The van der Waals surface area contributed by atoms with E-state index in [1.807, 2.05) is 6.07 Å². The molecule has 0 saturated carbocycles. The van der Waals surface area contributed by atoms with Gasteiger partial charge >= 0.3 is 0 Å². The molecule has 0 spiro atoms. The number of hydrogen-bond acceptors (Lipinski definition) is 5. The van der Waals surface area contributed by atoms with Gasteiger partial charge in [0.25, 0.3) is 0 Å². The first-order valence-electron chi connectivity index (χ1n) is 5.96. The van der Waals surface area contributed by atoms with Gasteiger partial charge in [-0.3, -0.25) is 0 Å². The first-order chi connectivity index (χ1) is 8.29. The molecule has 90 valence electrons. The van der Waals surface area contributed by atoms with Gasteiger partial charge in [0.15, 0.2) is 5.69 Å². The molecule has 0 aliphatic carbocycles. The predicted molar refractivity (Wildman–Crippen MR) is 65.5 cm³/mol. The topological polar surface area (TPSA) is 64.8 Å². The molecule has 1 aliphatic rings. The summed E-state index contributed by atoms with van der Waals surface area (Å²) in [6.45, 7) is 2.06. The number of nitriles is 1. The number of aromatic nitrogens is 2. The quantitative estimate of drug-likeness (QED) is 0.848. The van der Waals surface area contributed by atoms with Gasteiger partial charge in [0.1, 0.15) is 11.9 Å². The molecule has 0 amide bonds. The highest BCUT2D eigenvalue weighted by molar-refractivity contribution is 5.33. The maximum Gasteiger partial charge on any atom is 0.158 e. The molecule has 1 aromatic heterocycles. The first-order valence-corrected chi connectivity index (χ1v) is 5.96. The van der Waals surface area contributed by atoms with E-state index in [2.05, 4.69) is 27.2 Å². The molecule has 2 rings (SSSR count). The van der Waals surface area contributed by atoms with Crippen LogP contribution in [0.25, 0.3) is 0 Å². The van der Waals surface area contributed by atoms with E-state index in [4.69, 9.17) is 5.26 Å². The number of piperidine rings is 1. The molecule has 2 heterocycles. The molecule has 0 radical (unpaired) electrons. The summed E-state index contributed by atoms with van der Waals surface area (Å²) in [5.41, 5.74) is 0.352. The Kier molecular flexibility index (Phi) is 3.89. The van der Waals surface area contributed by atoms with E-state index in [1.54, 1.807) is 6.20 Å². The third-order valence-corrected chi connectivity index (χ3v) is 3.21. The van der Waals surface area contributed by atoms with E-state index in [0.29, 0.717) is 11.7 Å². The van der Waals surface area contributed by atoms with Crippen LogP contribution in [-0.2, 0) is 0 Å². The fraction of sp³-hybridized carbons (Fsp3) is 0.583. The van der Waals surface area contributed by atoms with Crippen molar-refractivity contribution in [3.8, 4) is 6.07 Å². The van der Waals surface area contributed by atoms with Gasteiger partial charge in [0.2, 0.25) is 0 Å². The third-order valence-electron chi connectivity index (χ3n) is 3.21. The second kappa shape index (κ2) is 5.60. The van der Waals surface area contributed by atoms with Gasteiger partial charge in [-0.15, -0.1) is 0 Å². The van der Waals surface area contributed by atoms with Crippen LogP contribution < -0.4 is 5.32 Å². The van der Waals surface area contributed by atoms with E-state index in [9.17, 15) is 0 Å². The monoisotopic (exact) mass is 231 g/mol. The number of nitrogens with zero attached hydrogens (tertiary/aromatic N) is 4. The Morgan fingerprint density at radius 3 is 3.00 bits per heavy atom. The van der Waals surface area contributed by atoms with Crippen LogP contribution in [0.5, 0.6) is 0 Å². The summed E-state index contributed by atoms with van der Waals surface area (Å²) in [5, 5.41) is 11.9. The minimum absolute atomic E-state index is 0.352. The molecular formula is C12H17N5. The van der Waals surface area contributed by atoms with E-state index in [-0.39, 0.29) is 0 Å². The largest absolute Gasteiger partial charge is 0.367 e. The molecule has 5 nitrogen and oxygen atoms in total. The van der Waals surface area contributed by atoms with Gasteiger partial charge < -0.3 is 10.2 Å². The van der Waals surface area contributed by atoms with Gasteiger partial charge in [0, 0.05) is 12.6 Å². The zero-order valence-electron chi connectivity index (χ0n) is 10.1. The normalized spacial score (nSPS) is 20.8. The molecule has 1 aliphatic heterocycles. The van der Waals surface area contributed by atoms with Crippen molar-refractivity contribution in [2.75, 3.05) is 25.5 Å². The summed E-state index contributed by atoms with van der Waals surface area (Å²) in [6.07, 6.45) is 6.93. The number of nitrogens with one attached hydrogen (secondary N) is 1. The Balaban J connectivity index is 1.86. The van der Waals surface area contributed by atoms with Crippen molar-refractivity contribution in [2.45, 2.75) is 25.3 Å². The lowest BCUT2D eigenvalue weighted by Gasteiger charge is -2.32. The van der Waals surface area contributed by atoms with Crippen LogP contribution in [0, 0.1) is 11.3 Å². The highest BCUT2D eigenvalue weighted by atomic mass is 15.2. The first kappa shape index (κ1) is 11.8. The summed E-state index contributed by atoms with van der Waals surface area (Å²) in [7, 11) is 2.16. The van der Waals surface area contributed by atoms with Crippen molar-refractivity contribution in [1.82, 2.24) is 14.9 Å². The Labute approximate surface area is 101 Å². The molecule has 0 aromatic carbocycles. The Bertz CT molecular complexity index is 394. The SMILES string of the molecule is CN1CCCCC1CNc1cnc(C#N)cn1. The molecule has 1 saturated heterocycles. The molecular weight excluding hydrogens is 214 g/mol. The van der Waals surface area contributed by atoms with Crippen LogP contribution in [0.1, 0.15) is 25.0 Å². The number of likely N-dealkylation sites (N-methyl/N-ethyl adjacent to an activating group) is 1. The van der Waals surface area contributed by atoms with Crippen LogP contribution in [0.15, 0.2) is 12.4 Å². The van der Waals surface area contributed by atoms with Gasteiger partial charge in [-0.2, -0.15) is 5.26 Å². The van der Waals surface area contributed by atoms with E-state index >= 15 is 0 Å². The zero-order valence-corrected chi connectivity index (χ0v) is 10.1. The van der Waals surface area contributed by atoms with Crippen LogP contribution in [0.4, 0.5) is 5.82 Å². The Morgan fingerprint density at radius 1 is 1.47 bits per heavy atom. The summed E-state index contributed by atoms with van der Waals surface area (Å²) in [4.78, 5) is 10.5. The van der Waals surface area contributed by atoms with Gasteiger partial charge in [0.05, 0.1) is 12.4 Å². The standard InChI is InChI=1S/C12H17N5/c1-17-5-3-2-4-11(17)8-16-12-9-14-10(6-13)7-15-12/h7,9,11H,2-5,8H2,1H3,(H,15,16). The van der Waals surface area contributed by atoms with Crippen LogP contribution in [0.3, 0.4) is 0 Å². The average molecular weight is 231 g/mol. The maximum absolute atomic E-state index is 8.62. The molecule has 1 N–H and O–H groups in total. The average Bonchev–Trinajstić information content (AvgIpc) is 2.38. The highest BCUT2D eigenvalue weighted by Crippen LogP contribution is 2.15. The van der Waals surface area contributed by atoms with Crippen molar-refractivity contribution < 1.29 is 0 Å². The second-order valence-corrected chi connectivity index (χ2v) is 4.41. The fourth-order valence-electron chi connectivity index (χ4n) is 2.10. The number of likely N-dealkylation sites (tertiary alicyclic amines) is 1. The van der Waals surface area contributed by atoms with Gasteiger partial charge in [-0.1, -0.05) is 6.42 Å². The molecule has 1 unspecified atom stereocenters. The van der Waals surface area contributed by atoms with Crippen LogP contribution >= 0.6 is 0 Å². The lowest BCUT2D eigenvalue weighted by molar-refractivity contribution is 0.194. The minimum atomic E-state index is 0.352. The Morgan fingerprint density at radius 2 is 2.35 bits per heavy atom. The Hall–Kier alpha value is -1.67. The number of anilines is 1. The fourth-order valence-corrected chi connectivity index (χ4v) is 2.10. The summed E-state index contributed by atoms with van der Waals surface area (Å²) in [5.74, 6) is 0.739. The molecule has 17 heavy (non-hydrogen) atoms. The smallest absolute Gasteiger partial charge is 0.158 e. The highest BCUT2D eigenvalue weighted by Gasteiger charge is 2.18. The second-order valence-electron chi connectivity index (χ2n) is 4.41. The molecule has 1 fully saturated rings. The predicted octanol–water partition coefficient (Wildman–Crippen LogP) is 1.24. The third kappa shape index (κ3) is 3.14. The van der Waals surface area contributed by atoms with Crippen LogP contribution in [0.2, 0.25) is 0 Å². The summed E-state index contributed by atoms with van der Waals surface area (Å²) in [6, 6.07) is 2.53. The minimum Gasteiger partial charge on any atom is -0.367 e. The number of rotatable bonds is 3. The van der Waals surface area contributed by atoms with Crippen molar-refractivity contribution in [2.24, 2.45) is 0 Å². The summed E-state index contributed by atoms with van der Waals surface area (Å²) < 4.78 is 0. The van der Waals surface area contributed by atoms with Crippen molar-refractivity contribution in [3.63, 3.8) is 0 Å². The van der Waals surface area contributed by atoms with E-state index < -0.39 is 0 Å². The van der Waals surface area contributed by atoms with Gasteiger partial charge in [-0.25, -0.2) is 9.97 Å². The molecule has 1 aromatic rings. The van der Waals surface area contributed by atoms with E-state index in [1.165, 1.54) is 32.0 Å². The lowest BCUT2D eigenvalue weighted by Crippen LogP contribution is -2.40. The van der Waals surface area contributed by atoms with E-state index in [0.717, 1.165) is 12.4 Å². The zero-order chi connectivity index (χ0) is 12.1. The van der Waals surface area contributed by atoms with Crippen molar-refractivity contribution >= 4 is 5.82 Å². The van der Waals surface area contributed by atoms with Crippen molar-refractivity contribution in [3.05, 3.63) is 18.1 Å². The van der Waals surface area contributed by atoms with Gasteiger partial charge in [-0.05, 0) is 26.4 Å². The maximum atomic E-state index is 8.62. The lowest BCUT2D eigenvalue weighted by atomic mass is 10.0. The molecule has 0 bridgehead atoms.